The molecule has 1 unspecified atom stereocenters. The molecule has 114 valence electrons. The van der Waals surface area contributed by atoms with E-state index in [0.717, 1.165) is 17.3 Å². The standard InChI is InChI=1S/C14H16BrClN2O3/c15-9-4-5-11(10(16)7-9)17-13(19)8-18-6-2-1-3-12(18)14(20)21/h4-5,7,12H,1-3,6,8H2,(H,17,19)(H,20,21). The van der Waals surface area contributed by atoms with Crippen LogP contribution in [0.5, 0.6) is 0 Å². The summed E-state index contributed by atoms with van der Waals surface area (Å²) in [5.74, 6) is -1.13. The Hall–Kier alpha value is -1.11. The minimum atomic E-state index is -0.871. The average molecular weight is 376 g/mol. The Bertz CT molecular complexity index is 553. The summed E-state index contributed by atoms with van der Waals surface area (Å²) in [6.45, 7) is 0.682. The molecule has 1 aromatic carbocycles. The zero-order chi connectivity index (χ0) is 15.4. The van der Waals surface area contributed by atoms with Gasteiger partial charge in [-0.1, -0.05) is 34.0 Å². The number of nitrogens with one attached hydrogen (secondary N) is 1. The molecule has 0 aliphatic carbocycles. The molecule has 0 spiro atoms. The fourth-order valence-electron chi connectivity index (χ4n) is 2.42. The fourth-order valence-corrected chi connectivity index (χ4v) is 3.15. The quantitative estimate of drug-likeness (QED) is 0.849. The van der Waals surface area contributed by atoms with Crippen LogP contribution in [0.2, 0.25) is 5.02 Å². The van der Waals surface area contributed by atoms with E-state index in [1.165, 1.54) is 0 Å². The highest BCUT2D eigenvalue weighted by Gasteiger charge is 2.29. The summed E-state index contributed by atoms with van der Waals surface area (Å²) in [5, 5.41) is 12.3. The molecule has 21 heavy (non-hydrogen) atoms. The largest absolute Gasteiger partial charge is 0.480 e. The van der Waals surface area contributed by atoms with Crippen LogP contribution in [0.25, 0.3) is 0 Å². The normalized spacial score (nSPS) is 19.2. The third kappa shape index (κ3) is 4.43. The van der Waals surface area contributed by atoms with Crippen molar-refractivity contribution in [2.45, 2.75) is 25.3 Å². The van der Waals surface area contributed by atoms with Gasteiger partial charge in [-0.25, -0.2) is 0 Å². The van der Waals surface area contributed by atoms with Crippen LogP contribution in [-0.2, 0) is 9.59 Å². The Morgan fingerprint density at radius 2 is 2.19 bits per heavy atom. The van der Waals surface area contributed by atoms with Crippen LogP contribution in [0.1, 0.15) is 19.3 Å². The van der Waals surface area contributed by atoms with Crippen LogP contribution in [0, 0.1) is 0 Å². The van der Waals surface area contributed by atoms with Crippen molar-refractivity contribution in [1.82, 2.24) is 4.90 Å². The molecule has 0 saturated carbocycles. The van der Waals surface area contributed by atoms with E-state index in [2.05, 4.69) is 21.2 Å². The number of carboxylic acids is 1. The number of anilines is 1. The van der Waals surface area contributed by atoms with E-state index in [-0.39, 0.29) is 12.5 Å². The lowest BCUT2D eigenvalue weighted by Crippen LogP contribution is -2.47. The van der Waals surface area contributed by atoms with E-state index in [4.69, 9.17) is 11.6 Å². The van der Waals surface area contributed by atoms with Gasteiger partial charge in [0.15, 0.2) is 0 Å². The number of likely N-dealkylation sites (tertiary alicyclic amines) is 1. The van der Waals surface area contributed by atoms with Crippen molar-refractivity contribution in [3.8, 4) is 0 Å². The minimum absolute atomic E-state index is 0.0589. The second kappa shape index (κ2) is 7.24. The summed E-state index contributed by atoms with van der Waals surface area (Å²) in [5.41, 5.74) is 0.522. The lowest BCUT2D eigenvalue weighted by molar-refractivity contribution is -0.145. The zero-order valence-electron chi connectivity index (χ0n) is 11.3. The number of benzene rings is 1. The number of hydrogen-bond acceptors (Lipinski definition) is 3. The first kappa shape index (κ1) is 16.3. The van der Waals surface area contributed by atoms with Gasteiger partial charge in [-0.05, 0) is 37.6 Å². The van der Waals surface area contributed by atoms with Crippen LogP contribution < -0.4 is 5.32 Å². The Kier molecular flexibility index (Phi) is 5.61. The molecule has 0 radical (unpaired) electrons. The maximum Gasteiger partial charge on any atom is 0.320 e. The first-order valence-corrected chi connectivity index (χ1v) is 7.86. The SMILES string of the molecule is O=C(CN1CCCCC1C(=O)O)Nc1ccc(Br)cc1Cl. The van der Waals surface area contributed by atoms with Gasteiger partial charge in [0.2, 0.25) is 5.91 Å². The van der Waals surface area contributed by atoms with Crippen molar-refractivity contribution >= 4 is 45.1 Å². The van der Waals surface area contributed by atoms with Crippen LogP contribution in [0.4, 0.5) is 5.69 Å². The molecule has 1 atom stereocenters. The number of halogens is 2. The van der Waals surface area contributed by atoms with Crippen molar-refractivity contribution < 1.29 is 14.7 Å². The number of hydrogen-bond donors (Lipinski definition) is 2. The van der Waals surface area contributed by atoms with Gasteiger partial charge in [-0.2, -0.15) is 0 Å². The van der Waals surface area contributed by atoms with Gasteiger partial charge < -0.3 is 10.4 Å². The van der Waals surface area contributed by atoms with Crippen LogP contribution >= 0.6 is 27.5 Å². The second-order valence-corrected chi connectivity index (χ2v) is 6.32. The molecular formula is C14H16BrClN2O3. The monoisotopic (exact) mass is 374 g/mol. The van der Waals surface area contributed by atoms with Gasteiger partial charge in [-0.3, -0.25) is 14.5 Å². The molecule has 1 saturated heterocycles. The Balaban J connectivity index is 1.98. The summed E-state index contributed by atoms with van der Waals surface area (Å²) in [7, 11) is 0. The Morgan fingerprint density at radius 3 is 2.86 bits per heavy atom. The number of aliphatic carboxylic acids is 1. The number of carbonyl (C=O) groups is 2. The number of amides is 1. The number of nitrogens with zero attached hydrogens (tertiary/aromatic N) is 1. The third-order valence-corrected chi connectivity index (χ3v) is 4.26. The Morgan fingerprint density at radius 1 is 1.43 bits per heavy atom. The molecule has 1 aromatic rings. The highest BCUT2D eigenvalue weighted by molar-refractivity contribution is 9.10. The van der Waals surface area contributed by atoms with Crippen LogP contribution in [-0.4, -0.2) is 41.0 Å². The van der Waals surface area contributed by atoms with Gasteiger partial charge in [0.25, 0.3) is 0 Å². The molecular weight excluding hydrogens is 360 g/mol. The van der Waals surface area contributed by atoms with E-state index in [9.17, 15) is 14.7 Å². The molecule has 2 rings (SSSR count). The van der Waals surface area contributed by atoms with E-state index in [0.29, 0.717) is 23.7 Å². The first-order valence-electron chi connectivity index (χ1n) is 6.69. The van der Waals surface area contributed by atoms with Gasteiger partial charge in [0.05, 0.1) is 17.3 Å². The highest BCUT2D eigenvalue weighted by Crippen LogP contribution is 2.25. The zero-order valence-corrected chi connectivity index (χ0v) is 13.7. The van der Waals surface area contributed by atoms with Crippen LogP contribution in [0.3, 0.4) is 0 Å². The first-order chi connectivity index (χ1) is 9.97. The van der Waals surface area contributed by atoms with Crippen molar-refractivity contribution in [2.75, 3.05) is 18.4 Å². The van der Waals surface area contributed by atoms with Crippen molar-refractivity contribution in [2.24, 2.45) is 0 Å². The molecule has 1 amide bonds. The van der Waals surface area contributed by atoms with Gasteiger partial charge in [0.1, 0.15) is 6.04 Å². The van der Waals surface area contributed by atoms with E-state index in [1.54, 1.807) is 23.1 Å². The maximum absolute atomic E-state index is 12.1. The van der Waals surface area contributed by atoms with E-state index >= 15 is 0 Å². The van der Waals surface area contributed by atoms with Crippen molar-refractivity contribution in [3.05, 3.63) is 27.7 Å². The summed E-state index contributed by atoms with van der Waals surface area (Å²) < 4.78 is 0.826. The number of piperidine rings is 1. The fraction of sp³-hybridized carbons (Fsp3) is 0.429. The van der Waals surface area contributed by atoms with Gasteiger partial charge in [-0.15, -0.1) is 0 Å². The van der Waals surface area contributed by atoms with E-state index in [1.807, 2.05) is 0 Å². The Labute approximate surface area is 136 Å². The second-order valence-electron chi connectivity index (χ2n) is 4.99. The summed E-state index contributed by atoms with van der Waals surface area (Å²) in [4.78, 5) is 25.0. The average Bonchev–Trinajstić information content (AvgIpc) is 2.42. The molecule has 0 bridgehead atoms. The molecule has 7 heteroatoms. The summed E-state index contributed by atoms with van der Waals surface area (Å²) >= 11 is 9.34. The summed E-state index contributed by atoms with van der Waals surface area (Å²) in [6, 6.07) is 4.60. The molecule has 1 heterocycles. The molecule has 1 fully saturated rings. The predicted molar refractivity (Wildman–Crippen MR) is 84.6 cm³/mol. The van der Waals surface area contributed by atoms with Crippen molar-refractivity contribution in [1.29, 1.82) is 0 Å². The topological polar surface area (TPSA) is 69.6 Å². The number of carboxylic acid groups (broad SMARTS) is 1. The molecule has 5 nitrogen and oxygen atoms in total. The van der Waals surface area contributed by atoms with Crippen LogP contribution in [0.15, 0.2) is 22.7 Å². The molecule has 0 aromatic heterocycles. The molecule has 1 aliphatic rings. The number of carbonyl (C=O) groups excluding carboxylic acids is 1. The predicted octanol–water partition coefficient (Wildman–Crippen LogP) is 2.98. The molecule has 1 aliphatic heterocycles. The third-order valence-electron chi connectivity index (χ3n) is 3.45. The highest BCUT2D eigenvalue weighted by atomic mass is 79.9. The van der Waals surface area contributed by atoms with Crippen molar-refractivity contribution in [3.63, 3.8) is 0 Å². The number of rotatable bonds is 4. The summed E-state index contributed by atoms with van der Waals surface area (Å²) in [6.07, 6.45) is 2.38. The van der Waals surface area contributed by atoms with Gasteiger partial charge >= 0.3 is 5.97 Å². The van der Waals surface area contributed by atoms with Gasteiger partial charge in [0, 0.05) is 4.47 Å². The van der Waals surface area contributed by atoms with E-state index < -0.39 is 12.0 Å². The maximum atomic E-state index is 12.1. The smallest absolute Gasteiger partial charge is 0.320 e. The lowest BCUT2D eigenvalue weighted by Gasteiger charge is -2.32. The lowest BCUT2D eigenvalue weighted by atomic mass is 10.0. The molecule has 2 N–H and O–H groups in total. The minimum Gasteiger partial charge on any atom is -0.480 e.